The molecule has 4 N–H and O–H groups in total. The van der Waals surface area contributed by atoms with Crippen LogP contribution in [-0.2, 0) is 11.3 Å². The molecule has 2 aliphatic heterocycles. The van der Waals surface area contributed by atoms with Crippen LogP contribution in [0.3, 0.4) is 0 Å². The Bertz CT molecular complexity index is 1010. The Labute approximate surface area is 169 Å². The Morgan fingerprint density at radius 3 is 2.66 bits per heavy atom. The third kappa shape index (κ3) is 2.99. The number of rotatable bonds is 3. The first kappa shape index (κ1) is 18.5. The van der Waals surface area contributed by atoms with Crippen LogP contribution < -0.4 is 10.6 Å². The minimum Gasteiger partial charge on any atom is -0.390 e. The van der Waals surface area contributed by atoms with E-state index < -0.39 is 0 Å². The monoisotopic (exact) mass is 394 g/mol. The first-order valence-corrected chi connectivity index (χ1v) is 10.1. The van der Waals surface area contributed by atoms with Crippen LogP contribution in [0.25, 0.3) is 22.4 Å². The zero-order valence-corrected chi connectivity index (χ0v) is 16.5. The lowest BCUT2D eigenvalue weighted by Crippen LogP contribution is -2.51. The molecule has 3 aromatic rings. The first-order chi connectivity index (χ1) is 14.1. The minimum absolute atomic E-state index is 0.0413. The number of fused-ring (bicyclic) bond motifs is 1. The molecule has 0 radical (unpaired) electrons. The SMILES string of the molecule is C[C@@H]1OCC2(CCN(c3nc4n[nH]c(-c5ccccc5)c4nc3CO)CC2)[C@@H]1N. The van der Waals surface area contributed by atoms with E-state index in [2.05, 4.69) is 22.0 Å². The van der Waals surface area contributed by atoms with Crippen molar-refractivity contribution in [3.63, 3.8) is 0 Å². The molecule has 4 heterocycles. The average molecular weight is 394 g/mol. The van der Waals surface area contributed by atoms with E-state index in [0.29, 0.717) is 22.7 Å². The zero-order chi connectivity index (χ0) is 20.0. The van der Waals surface area contributed by atoms with Crippen molar-refractivity contribution in [3.8, 4) is 11.3 Å². The van der Waals surface area contributed by atoms with Crippen LogP contribution in [0.1, 0.15) is 25.5 Å². The molecule has 0 bridgehead atoms. The third-order valence-corrected chi connectivity index (χ3v) is 6.56. The molecule has 0 aliphatic carbocycles. The standard InChI is InChI=1S/C21H26N6O2/c1-13-18(22)21(12-29-13)7-9-27(10-8-21)20-15(11-28)23-17-16(25-26-19(17)24-20)14-5-3-2-4-6-14/h2-6,13,18,28H,7-12,22H2,1H3,(H,24,25,26)/t13-,18+/m0/s1. The second kappa shape index (κ2) is 7.05. The maximum Gasteiger partial charge on any atom is 0.202 e. The highest BCUT2D eigenvalue weighted by Crippen LogP contribution is 2.42. The van der Waals surface area contributed by atoms with Crippen LogP contribution in [0.5, 0.6) is 0 Å². The Hall–Kier alpha value is -2.55. The third-order valence-electron chi connectivity index (χ3n) is 6.56. The van der Waals surface area contributed by atoms with Gasteiger partial charge < -0.3 is 20.5 Å². The maximum absolute atomic E-state index is 9.99. The number of nitrogens with zero attached hydrogens (tertiary/aromatic N) is 4. The fourth-order valence-corrected chi connectivity index (χ4v) is 4.66. The van der Waals surface area contributed by atoms with E-state index in [0.717, 1.165) is 43.8 Å². The van der Waals surface area contributed by atoms with Crippen molar-refractivity contribution >= 4 is 17.0 Å². The van der Waals surface area contributed by atoms with Gasteiger partial charge in [-0.3, -0.25) is 5.10 Å². The molecule has 0 unspecified atom stereocenters. The fraction of sp³-hybridized carbons (Fsp3) is 0.476. The van der Waals surface area contributed by atoms with Gasteiger partial charge in [0.05, 0.1) is 25.0 Å². The number of aromatic nitrogens is 4. The highest BCUT2D eigenvalue weighted by molar-refractivity contribution is 5.88. The van der Waals surface area contributed by atoms with Crippen LogP contribution in [0.15, 0.2) is 30.3 Å². The van der Waals surface area contributed by atoms with Crippen LogP contribution in [-0.4, -0.2) is 57.1 Å². The molecule has 0 saturated carbocycles. The molecular weight excluding hydrogens is 368 g/mol. The summed E-state index contributed by atoms with van der Waals surface area (Å²) in [6.07, 6.45) is 1.99. The summed E-state index contributed by atoms with van der Waals surface area (Å²) in [6.45, 7) is 4.23. The van der Waals surface area contributed by atoms with Crippen molar-refractivity contribution < 1.29 is 9.84 Å². The van der Waals surface area contributed by atoms with Gasteiger partial charge in [-0.05, 0) is 19.8 Å². The molecule has 5 rings (SSSR count). The molecular formula is C21H26N6O2. The van der Waals surface area contributed by atoms with Crippen LogP contribution in [0.4, 0.5) is 5.82 Å². The Morgan fingerprint density at radius 2 is 2.00 bits per heavy atom. The number of nitrogens with two attached hydrogens (primary N) is 1. The largest absolute Gasteiger partial charge is 0.390 e. The van der Waals surface area contributed by atoms with Gasteiger partial charge in [-0.1, -0.05) is 30.3 Å². The molecule has 1 spiro atoms. The minimum atomic E-state index is -0.168. The lowest BCUT2D eigenvalue weighted by atomic mass is 9.73. The number of hydrogen-bond donors (Lipinski definition) is 3. The second-order valence-electron chi connectivity index (χ2n) is 8.18. The lowest BCUT2D eigenvalue weighted by Gasteiger charge is -2.41. The molecule has 29 heavy (non-hydrogen) atoms. The number of piperidine rings is 1. The summed E-state index contributed by atoms with van der Waals surface area (Å²) >= 11 is 0. The first-order valence-electron chi connectivity index (χ1n) is 10.1. The zero-order valence-electron chi connectivity index (χ0n) is 16.5. The number of ether oxygens (including phenoxy) is 1. The summed E-state index contributed by atoms with van der Waals surface area (Å²) in [5.74, 6) is 0.710. The van der Waals surface area contributed by atoms with E-state index >= 15 is 0 Å². The van der Waals surface area contributed by atoms with Crippen LogP contribution in [0.2, 0.25) is 0 Å². The fourth-order valence-electron chi connectivity index (χ4n) is 4.66. The number of aliphatic hydroxyl groups is 1. The van der Waals surface area contributed by atoms with Crippen molar-refractivity contribution in [1.82, 2.24) is 20.2 Å². The molecule has 8 nitrogen and oxygen atoms in total. The van der Waals surface area contributed by atoms with Crippen molar-refractivity contribution in [2.24, 2.45) is 11.1 Å². The van der Waals surface area contributed by atoms with Crippen molar-refractivity contribution in [2.75, 3.05) is 24.6 Å². The van der Waals surface area contributed by atoms with Crippen LogP contribution in [0, 0.1) is 5.41 Å². The van der Waals surface area contributed by atoms with Crippen molar-refractivity contribution in [2.45, 2.75) is 38.5 Å². The van der Waals surface area contributed by atoms with E-state index in [4.69, 9.17) is 20.4 Å². The maximum atomic E-state index is 9.99. The molecule has 8 heteroatoms. The number of hydrogen-bond acceptors (Lipinski definition) is 7. The summed E-state index contributed by atoms with van der Waals surface area (Å²) in [5, 5.41) is 17.4. The number of H-pyrrole nitrogens is 1. The summed E-state index contributed by atoms with van der Waals surface area (Å²) in [5.41, 5.74) is 10.1. The van der Waals surface area contributed by atoms with Crippen LogP contribution >= 0.6 is 0 Å². The van der Waals surface area contributed by atoms with Gasteiger partial charge in [0.15, 0.2) is 5.82 Å². The number of aromatic amines is 1. The van der Waals surface area contributed by atoms with Gasteiger partial charge in [0.2, 0.25) is 5.65 Å². The van der Waals surface area contributed by atoms with E-state index in [-0.39, 0.29) is 24.2 Å². The predicted molar refractivity (Wildman–Crippen MR) is 110 cm³/mol. The van der Waals surface area contributed by atoms with Gasteiger partial charge in [-0.25, -0.2) is 9.97 Å². The van der Waals surface area contributed by atoms with Crippen molar-refractivity contribution in [3.05, 3.63) is 36.0 Å². The Morgan fingerprint density at radius 1 is 1.24 bits per heavy atom. The lowest BCUT2D eigenvalue weighted by molar-refractivity contribution is 0.0973. The molecule has 2 aromatic heterocycles. The van der Waals surface area contributed by atoms with E-state index in [9.17, 15) is 5.11 Å². The summed E-state index contributed by atoms with van der Waals surface area (Å²) < 4.78 is 5.82. The highest BCUT2D eigenvalue weighted by atomic mass is 16.5. The number of benzene rings is 1. The number of aliphatic hydroxyl groups excluding tert-OH is 1. The number of nitrogens with one attached hydrogen (secondary N) is 1. The predicted octanol–water partition coefficient (Wildman–Crippen LogP) is 1.84. The van der Waals surface area contributed by atoms with Crippen molar-refractivity contribution in [1.29, 1.82) is 0 Å². The molecule has 152 valence electrons. The summed E-state index contributed by atoms with van der Waals surface area (Å²) in [4.78, 5) is 11.7. The highest BCUT2D eigenvalue weighted by Gasteiger charge is 2.47. The van der Waals surface area contributed by atoms with Gasteiger partial charge in [0.1, 0.15) is 11.2 Å². The van der Waals surface area contributed by atoms with Gasteiger partial charge in [0, 0.05) is 30.1 Å². The summed E-state index contributed by atoms with van der Waals surface area (Å²) in [6, 6.07) is 9.97. The van der Waals surface area contributed by atoms with Gasteiger partial charge in [-0.2, -0.15) is 5.10 Å². The second-order valence-corrected chi connectivity index (χ2v) is 8.18. The van der Waals surface area contributed by atoms with Gasteiger partial charge in [-0.15, -0.1) is 0 Å². The number of anilines is 1. The topological polar surface area (TPSA) is 113 Å². The average Bonchev–Trinajstić information content (AvgIpc) is 3.30. The molecule has 2 aliphatic rings. The Kier molecular flexibility index (Phi) is 4.49. The summed E-state index contributed by atoms with van der Waals surface area (Å²) in [7, 11) is 0. The molecule has 2 atom stereocenters. The van der Waals surface area contributed by atoms with E-state index in [1.807, 2.05) is 30.3 Å². The Balaban J connectivity index is 1.45. The van der Waals surface area contributed by atoms with E-state index in [1.54, 1.807) is 0 Å². The normalized spacial score (nSPS) is 23.9. The molecule has 0 amide bonds. The van der Waals surface area contributed by atoms with Gasteiger partial charge in [0.25, 0.3) is 0 Å². The molecule has 2 fully saturated rings. The van der Waals surface area contributed by atoms with E-state index in [1.165, 1.54) is 0 Å². The molecule has 1 aromatic carbocycles. The smallest absolute Gasteiger partial charge is 0.202 e. The molecule has 2 saturated heterocycles. The van der Waals surface area contributed by atoms with Gasteiger partial charge >= 0.3 is 0 Å². The quantitative estimate of drug-likeness (QED) is 0.621.